The monoisotopic (exact) mass is 371 g/mol. The van der Waals surface area contributed by atoms with Crippen LogP contribution in [-0.4, -0.2) is 19.7 Å². The topological polar surface area (TPSA) is 21.3 Å². The smallest absolute Gasteiger partial charge is 0.168 e. The highest BCUT2D eigenvalue weighted by Gasteiger charge is 2.15. The molecule has 17 heavy (non-hydrogen) atoms. The fraction of sp³-hybridized carbons (Fsp3) is 0.500. The third-order valence-corrected chi connectivity index (χ3v) is 3.69. The summed E-state index contributed by atoms with van der Waals surface area (Å²) in [5.41, 5.74) is 0. The number of rotatable bonds is 3. The quantitative estimate of drug-likeness (QED) is 0.824. The van der Waals surface area contributed by atoms with E-state index in [0.717, 1.165) is 29.5 Å². The van der Waals surface area contributed by atoms with Gasteiger partial charge in [-0.3, -0.25) is 0 Å². The molecule has 0 aliphatic carbocycles. The summed E-state index contributed by atoms with van der Waals surface area (Å²) in [5.74, 6) is 0.694. The van der Waals surface area contributed by atoms with Crippen LogP contribution in [0.2, 0.25) is 0 Å². The maximum atomic E-state index is 13.5. The van der Waals surface area contributed by atoms with Crippen molar-refractivity contribution in [3.05, 3.63) is 27.6 Å². The first kappa shape index (κ1) is 15.0. The number of para-hydroxylation sites is 1. The Morgan fingerprint density at radius 2 is 2.06 bits per heavy atom. The highest BCUT2D eigenvalue weighted by molar-refractivity contribution is 14.1. The van der Waals surface area contributed by atoms with E-state index in [1.807, 2.05) is 6.07 Å². The highest BCUT2D eigenvalue weighted by atomic mass is 127. The number of ether oxygens (including phenoxy) is 1. The number of piperidine rings is 1. The van der Waals surface area contributed by atoms with Crippen molar-refractivity contribution in [2.24, 2.45) is 5.92 Å². The van der Waals surface area contributed by atoms with Gasteiger partial charge < -0.3 is 10.1 Å². The third kappa shape index (κ3) is 4.26. The summed E-state index contributed by atoms with van der Waals surface area (Å²) < 4.78 is 19.9. The van der Waals surface area contributed by atoms with Crippen LogP contribution in [0, 0.1) is 15.3 Å². The molecule has 0 bridgehead atoms. The summed E-state index contributed by atoms with van der Waals surface area (Å²) >= 11 is 2.10. The van der Waals surface area contributed by atoms with Crippen LogP contribution in [0.4, 0.5) is 4.39 Å². The molecule has 1 heterocycles. The molecule has 1 saturated heterocycles. The van der Waals surface area contributed by atoms with Crippen molar-refractivity contribution in [1.29, 1.82) is 0 Å². The molecular formula is C12H16ClFINO. The van der Waals surface area contributed by atoms with Crippen molar-refractivity contribution in [3.8, 4) is 5.75 Å². The summed E-state index contributed by atoms with van der Waals surface area (Å²) in [4.78, 5) is 0. The van der Waals surface area contributed by atoms with Crippen LogP contribution in [0.5, 0.6) is 5.75 Å². The van der Waals surface area contributed by atoms with Crippen LogP contribution >= 0.6 is 35.0 Å². The van der Waals surface area contributed by atoms with Crippen LogP contribution in [-0.2, 0) is 0 Å². The summed E-state index contributed by atoms with van der Waals surface area (Å²) in [6.07, 6.45) is 2.23. The second-order valence-electron chi connectivity index (χ2n) is 4.06. The van der Waals surface area contributed by atoms with Gasteiger partial charge in [-0.1, -0.05) is 6.07 Å². The lowest BCUT2D eigenvalue weighted by Gasteiger charge is -2.23. The van der Waals surface area contributed by atoms with Crippen LogP contribution in [0.15, 0.2) is 18.2 Å². The molecular weight excluding hydrogens is 355 g/mol. The van der Waals surface area contributed by atoms with Crippen molar-refractivity contribution < 1.29 is 9.13 Å². The van der Waals surface area contributed by atoms with E-state index in [2.05, 4.69) is 27.9 Å². The van der Waals surface area contributed by atoms with Crippen molar-refractivity contribution >= 4 is 35.0 Å². The molecule has 96 valence electrons. The van der Waals surface area contributed by atoms with E-state index in [-0.39, 0.29) is 18.2 Å². The molecule has 0 spiro atoms. The zero-order valence-electron chi connectivity index (χ0n) is 9.42. The second kappa shape index (κ2) is 7.38. The number of hydrogen-bond acceptors (Lipinski definition) is 2. The molecule has 2 nitrogen and oxygen atoms in total. The van der Waals surface area contributed by atoms with E-state index in [1.165, 1.54) is 6.07 Å². The van der Waals surface area contributed by atoms with Gasteiger partial charge in [-0.2, -0.15) is 0 Å². The van der Waals surface area contributed by atoms with Gasteiger partial charge in [0.25, 0.3) is 0 Å². The van der Waals surface area contributed by atoms with Crippen LogP contribution in [0.1, 0.15) is 12.8 Å². The van der Waals surface area contributed by atoms with Crippen LogP contribution < -0.4 is 10.1 Å². The number of halogens is 3. The molecule has 0 saturated carbocycles. The van der Waals surface area contributed by atoms with Gasteiger partial charge in [0.1, 0.15) is 0 Å². The predicted molar refractivity (Wildman–Crippen MR) is 77.5 cm³/mol. The Kier molecular flexibility index (Phi) is 6.51. The summed E-state index contributed by atoms with van der Waals surface area (Å²) in [6.45, 7) is 2.71. The van der Waals surface area contributed by atoms with E-state index in [9.17, 15) is 4.39 Å². The first-order valence-corrected chi connectivity index (χ1v) is 6.63. The predicted octanol–water partition coefficient (Wildman–Crippen LogP) is 3.23. The first-order chi connectivity index (χ1) is 7.77. The van der Waals surface area contributed by atoms with Gasteiger partial charge in [0.2, 0.25) is 0 Å². The standard InChI is InChI=1S/C12H15FINO.ClH/c13-10-2-1-3-11(14)12(10)16-8-9-4-6-15-7-5-9;/h1-3,9,15H,4-8H2;1H. The summed E-state index contributed by atoms with van der Waals surface area (Å²) in [5, 5.41) is 3.30. The molecule has 1 aliphatic heterocycles. The Morgan fingerprint density at radius 3 is 2.71 bits per heavy atom. The molecule has 0 amide bonds. The minimum Gasteiger partial charge on any atom is -0.489 e. The largest absolute Gasteiger partial charge is 0.489 e. The van der Waals surface area contributed by atoms with E-state index in [1.54, 1.807) is 6.07 Å². The molecule has 1 aromatic carbocycles. The first-order valence-electron chi connectivity index (χ1n) is 5.55. The highest BCUT2D eigenvalue weighted by Crippen LogP contribution is 2.25. The van der Waals surface area contributed by atoms with Gasteiger partial charge in [0.15, 0.2) is 11.6 Å². The molecule has 1 N–H and O–H groups in total. The lowest BCUT2D eigenvalue weighted by molar-refractivity contribution is 0.207. The van der Waals surface area contributed by atoms with Gasteiger partial charge in [-0.15, -0.1) is 12.4 Å². The third-order valence-electron chi connectivity index (χ3n) is 2.84. The Hall–Kier alpha value is -0.0700. The average Bonchev–Trinajstić information content (AvgIpc) is 2.30. The lowest BCUT2D eigenvalue weighted by Crippen LogP contribution is -2.30. The van der Waals surface area contributed by atoms with Gasteiger partial charge in [-0.05, 0) is 66.6 Å². The van der Waals surface area contributed by atoms with E-state index in [4.69, 9.17) is 4.74 Å². The van der Waals surface area contributed by atoms with Crippen LogP contribution in [0.25, 0.3) is 0 Å². The zero-order valence-corrected chi connectivity index (χ0v) is 12.4. The molecule has 1 fully saturated rings. The van der Waals surface area contributed by atoms with Gasteiger partial charge in [0.05, 0.1) is 10.2 Å². The fourth-order valence-electron chi connectivity index (χ4n) is 1.87. The van der Waals surface area contributed by atoms with Crippen molar-refractivity contribution in [3.63, 3.8) is 0 Å². The number of hydrogen-bond donors (Lipinski definition) is 1. The summed E-state index contributed by atoms with van der Waals surface area (Å²) in [6, 6.07) is 5.01. The molecule has 5 heteroatoms. The fourth-order valence-corrected chi connectivity index (χ4v) is 2.49. The zero-order chi connectivity index (χ0) is 11.4. The maximum Gasteiger partial charge on any atom is 0.168 e. The van der Waals surface area contributed by atoms with E-state index in [0.29, 0.717) is 18.3 Å². The number of nitrogens with one attached hydrogen (secondary N) is 1. The Morgan fingerprint density at radius 1 is 1.35 bits per heavy atom. The van der Waals surface area contributed by atoms with Crippen molar-refractivity contribution in [2.75, 3.05) is 19.7 Å². The van der Waals surface area contributed by atoms with Gasteiger partial charge >= 0.3 is 0 Å². The molecule has 1 aliphatic rings. The lowest BCUT2D eigenvalue weighted by atomic mass is 9.99. The normalized spacial score (nSPS) is 16.4. The minimum atomic E-state index is -0.263. The Bertz CT molecular complexity index is 338. The van der Waals surface area contributed by atoms with Gasteiger partial charge in [-0.25, -0.2) is 4.39 Å². The van der Waals surface area contributed by atoms with Crippen LogP contribution in [0.3, 0.4) is 0 Å². The van der Waals surface area contributed by atoms with Crippen molar-refractivity contribution in [2.45, 2.75) is 12.8 Å². The number of benzene rings is 1. The summed E-state index contributed by atoms with van der Waals surface area (Å²) in [7, 11) is 0. The van der Waals surface area contributed by atoms with Gasteiger partial charge in [0, 0.05) is 0 Å². The molecule has 1 aromatic rings. The molecule has 0 aromatic heterocycles. The van der Waals surface area contributed by atoms with E-state index < -0.39 is 0 Å². The Balaban J connectivity index is 0.00000144. The Labute approximate surface area is 121 Å². The SMILES string of the molecule is Cl.Fc1cccc(I)c1OCC1CCNCC1. The van der Waals surface area contributed by atoms with Crippen molar-refractivity contribution in [1.82, 2.24) is 5.32 Å². The minimum absolute atomic E-state index is 0. The average molecular weight is 372 g/mol. The molecule has 0 unspecified atom stereocenters. The van der Waals surface area contributed by atoms with E-state index >= 15 is 0 Å². The molecule has 2 rings (SSSR count). The molecule has 0 atom stereocenters. The maximum absolute atomic E-state index is 13.5. The second-order valence-corrected chi connectivity index (χ2v) is 5.22. The molecule has 0 radical (unpaired) electrons.